The molecule has 5 rings (SSSR count). The number of nitrogens with one attached hydrogen (secondary N) is 7. The lowest BCUT2D eigenvalue weighted by Gasteiger charge is -2.30. The highest BCUT2D eigenvalue weighted by Crippen LogP contribution is 2.30. The molecule has 0 radical (unpaired) electrons. The van der Waals surface area contributed by atoms with Crippen molar-refractivity contribution in [3.05, 3.63) is 124 Å². The van der Waals surface area contributed by atoms with E-state index in [0.29, 0.717) is 16.9 Å². The van der Waals surface area contributed by atoms with Crippen LogP contribution in [0.4, 0.5) is 10.6 Å². The normalized spacial score (nSPS) is 17.0. The number of thioether (sulfide) groups is 1. The average molecular weight is 1160 g/mol. The third-order valence-electron chi connectivity index (χ3n) is 13.2. The van der Waals surface area contributed by atoms with Crippen LogP contribution in [-0.2, 0) is 57.7 Å². The number of phenols is 1. The van der Waals surface area contributed by atoms with Crippen molar-refractivity contribution in [1.29, 1.82) is 0 Å². The summed E-state index contributed by atoms with van der Waals surface area (Å²) in [5, 5.41) is 60.9. The number of ether oxygens (including phenoxy) is 2. The van der Waals surface area contributed by atoms with Crippen molar-refractivity contribution in [3.63, 3.8) is 0 Å². The summed E-state index contributed by atoms with van der Waals surface area (Å²) in [5.74, 6) is -4.62. The SMILES string of the molecule is CC(C)C[C@H](NC(=O)[C@H](C)NC(=O)C[C@H](O)[C@H](CC(C)C)NC(=O)[C@@H](NC(=O)[C@H](Cc1ccc(O)cc1)NC(=O)OCc1ccccc1)C(C)C)[C@@H](O)CC(=O)N[C@@H](Cc1ccccc1)C(=O)Nc1ccn([C@H]2CS[C@@H](CO)O2)c(=O)n1. The van der Waals surface area contributed by atoms with Crippen molar-refractivity contribution in [2.75, 3.05) is 17.7 Å². The van der Waals surface area contributed by atoms with Gasteiger partial charge in [0.05, 0.1) is 43.7 Å². The summed E-state index contributed by atoms with van der Waals surface area (Å²) in [4.78, 5) is 112. The van der Waals surface area contributed by atoms with Crippen molar-refractivity contribution in [1.82, 2.24) is 41.5 Å². The molecule has 1 aliphatic rings. The van der Waals surface area contributed by atoms with E-state index < -0.39 is 126 Å². The van der Waals surface area contributed by atoms with E-state index in [4.69, 9.17) is 9.47 Å². The minimum absolute atomic E-state index is 0.000624. The van der Waals surface area contributed by atoms with Gasteiger partial charge in [0.2, 0.25) is 35.4 Å². The molecule has 82 heavy (non-hydrogen) atoms. The fraction of sp³-hybridized carbons (Fsp3) is 0.500. The molecule has 10 atom stereocenters. The van der Waals surface area contributed by atoms with Crippen molar-refractivity contribution in [2.24, 2.45) is 17.8 Å². The number of rotatable bonds is 30. The Balaban J connectivity index is 1.18. The van der Waals surface area contributed by atoms with Gasteiger partial charge in [-0.05, 0) is 72.4 Å². The Labute approximate surface area is 481 Å². The zero-order chi connectivity index (χ0) is 60.0. The molecule has 0 spiro atoms. The van der Waals surface area contributed by atoms with Crippen LogP contribution in [0.15, 0.2) is 102 Å². The number of hydrogen-bond acceptors (Lipinski definition) is 16. The average Bonchev–Trinajstić information content (AvgIpc) is 3.91. The number of hydrogen-bond donors (Lipinski definition) is 11. The zero-order valence-corrected chi connectivity index (χ0v) is 48.1. The number of nitrogens with zero attached hydrogens (tertiary/aromatic N) is 2. The van der Waals surface area contributed by atoms with E-state index in [1.165, 1.54) is 47.6 Å². The lowest BCUT2D eigenvalue weighted by molar-refractivity contribution is -0.133. The van der Waals surface area contributed by atoms with Crippen LogP contribution in [0.5, 0.6) is 5.75 Å². The number of carbonyl (C=O) groups excluding carboxylic acids is 7. The van der Waals surface area contributed by atoms with Gasteiger partial charge in [-0.25, -0.2) is 9.59 Å². The van der Waals surface area contributed by atoms with Crippen LogP contribution in [0, 0.1) is 17.8 Å². The van der Waals surface area contributed by atoms with Gasteiger partial charge in [0.25, 0.3) is 0 Å². The fourth-order valence-electron chi connectivity index (χ4n) is 8.94. The predicted octanol–water partition coefficient (Wildman–Crippen LogP) is 2.94. The summed E-state index contributed by atoms with van der Waals surface area (Å²) in [6, 6.07) is 18.4. The van der Waals surface area contributed by atoms with E-state index in [-0.39, 0.29) is 62.3 Å². The third-order valence-corrected chi connectivity index (χ3v) is 14.4. The Hall–Kier alpha value is -7.38. The fourth-order valence-corrected chi connectivity index (χ4v) is 9.87. The van der Waals surface area contributed by atoms with E-state index in [1.807, 2.05) is 33.8 Å². The number of alkyl carbamates (subject to hydrolysis) is 1. The Morgan fingerprint density at radius 1 is 0.659 bits per heavy atom. The summed E-state index contributed by atoms with van der Waals surface area (Å²) >= 11 is 1.34. The van der Waals surface area contributed by atoms with Gasteiger partial charge in [-0.1, -0.05) is 114 Å². The lowest BCUT2D eigenvalue weighted by Crippen LogP contribution is -2.58. The molecule has 24 heteroatoms. The Bertz CT molecular complexity index is 2790. The highest BCUT2D eigenvalue weighted by Gasteiger charge is 2.35. The summed E-state index contributed by atoms with van der Waals surface area (Å²) in [6.07, 6.45) is -3.74. The first-order valence-corrected chi connectivity index (χ1v) is 28.5. The molecule has 1 aliphatic heterocycles. The largest absolute Gasteiger partial charge is 0.508 e. The molecule has 2 heterocycles. The van der Waals surface area contributed by atoms with Crippen LogP contribution < -0.4 is 42.9 Å². The smallest absolute Gasteiger partial charge is 0.408 e. The number of amides is 7. The van der Waals surface area contributed by atoms with Gasteiger partial charge in [0, 0.05) is 24.8 Å². The molecular weight excluding hydrogens is 1080 g/mol. The minimum atomic E-state index is -1.47. The molecular formula is C58H79N9O14S. The van der Waals surface area contributed by atoms with Crippen LogP contribution in [0.3, 0.4) is 0 Å². The molecule has 1 saturated heterocycles. The Kier molecular flexibility index (Phi) is 25.8. The van der Waals surface area contributed by atoms with Crippen molar-refractivity contribution >= 4 is 59.1 Å². The molecule has 0 unspecified atom stereocenters. The molecule has 1 fully saturated rings. The first-order valence-electron chi connectivity index (χ1n) is 27.4. The summed E-state index contributed by atoms with van der Waals surface area (Å²) in [7, 11) is 0. The van der Waals surface area contributed by atoms with E-state index >= 15 is 0 Å². The van der Waals surface area contributed by atoms with E-state index in [9.17, 15) is 58.8 Å². The van der Waals surface area contributed by atoms with E-state index in [0.717, 1.165) is 5.56 Å². The van der Waals surface area contributed by atoms with Gasteiger partial charge >= 0.3 is 11.8 Å². The number of aliphatic hydroxyl groups excluding tert-OH is 3. The van der Waals surface area contributed by atoms with E-state index in [1.54, 1.807) is 80.6 Å². The van der Waals surface area contributed by atoms with Crippen molar-refractivity contribution in [2.45, 2.75) is 154 Å². The molecule has 0 bridgehead atoms. The Morgan fingerprint density at radius 2 is 1.20 bits per heavy atom. The van der Waals surface area contributed by atoms with Crippen molar-refractivity contribution in [3.8, 4) is 5.75 Å². The van der Waals surface area contributed by atoms with Gasteiger partial charge < -0.3 is 67.1 Å². The zero-order valence-electron chi connectivity index (χ0n) is 47.3. The monoisotopic (exact) mass is 1160 g/mol. The number of anilines is 1. The molecule has 11 N–H and O–H groups in total. The van der Waals surface area contributed by atoms with Crippen LogP contribution in [0.2, 0.25) is 0 Å². The number of benzene rings is 3. The molecule has 446 valence electrons. The quantitative estimate of drug-likeness (QED) is 0.0358. The van der Waals surface area contributed by atoms with Crippen LogP contribution in [0.1, 0.15) is 97.1 Å². The predicted molar refractivity (Wildman–Crippen MR) is 306 cm³/mol. The number of phenolic OH excluding ortho intramolecular Hbond substituents is 1. The maximum Gasteiger partial charge on any atom is 0.408 e. The van der Waals surface area contributed by atoms with E-state index in [2.05, 4.69) is 42.2 Å². The lowest BCUT2D eigenvalue weighted by atomic mass is 9.95. The molecule has 4 aromatic rings. The van der Waals surface area contributed by atoms with Crippen molar-refractivity contribution < 1.29 is 63.5 Å². The molecule has 7 amide bonds. The van der Waals surface area contributed by atoms with Gasteiger partial charge in [0.15, 0.2) is 0 Å². The summed E-state index contributed by atoms with van der Waals surface area (Å²) < 4.78 is 12.3. The topological polar surface area (TPSA) is 338 Å². The summed E-state index contributed by atoms with van der Waals surface area (Å²) in [5.41, 5.74) is 0.808. The molecule has 3 aromatic carbocycles. The molecule has 0 aliphatic carbocycles. The highest BCUT2D eigenvalue weighted by molar-refractivity contribution is 8.00. The first kappa shape index (κ1) is 65.4. The maximum absolute atomic E-state index is 14.0. The standard InChI is InChI=1S/C58H79N9O14S/c1-33(2)24-41(46(71)29-49(73)60-43(26-37-14-10-8-11-15-37)54(75)64-47-22-23-67(57(78)65-47)50-32-82-51(30-68)81-50)61-53(74)36(7)59-48(72)28-45(70)42(25-34(3)4)62-56(77)52(35(5)6)66-55(76)44(27-38-18-20-40(69)21-19-38)63-58(79)80-31-39-16-12-9-13-17-39/h8-23,33-36,41-46,50-52,68-71H,24-32H2,1-7H3,(H,59,72)(H,60,73)(H,61,74)(H,62,77)(H,63,79)(H,66,76)(H,64,65,75,78)/t36-,41-,42-,43-,44-,45-,46-,50+,51-,52-/m0/s1. The number of aliphatic hydroxyl groups is 3. The Morgan fingerprint density at radius 3 is 1.73 bits per heavy atom. The third kappa shape index (κ3) is 21.5. The van der Waals surface area contributed by atoms with Gasteiger partial charge in [-0.3, -0.25) is 33.3 Å². The van der Waals surface area contributed by atoms with Gasteiger partial charge in [0.1, 0.15) is 54.0 Å². The highest BCUT2D eigenvalue weighted by atomic mass is 32.2. The summed E-state index contributed by atoms with van der Waals surface area (Å²) in [6.45, 7) is 11.9. The molecule has 0 saturated carbocycles. The molecule has 1 aromatic heterocycles. The number of aromatic hydroxyl groups is 1. The number of aromatic nitrogens is 2. The van der Waals surface area contributed by atoms with Gasteiger partial charge in [-0.15, -0.1) is 11.8 Å². The second-order valence-electron chi connectivity index (χ2n) is 21.5. The number of carbonyl (C=O) groups is 7. The first-order chi connectivity index (χ1) is 39.0. The van der Waals surface area contributed by atoms with Crippen LogP contribution in [-0.4, -0.2) is 138 Å². The second-order valence-corrected chi connectivity index (χ2v) is 22.7. The maximum atomic E-state index is 14.0. The minimum Gasteiger partial charge on any atom is -0.508 e. The second kappa shape index (κ2) is 32.3. The van der Waals surface area contributed by atoms with Crippen LogP contribution in [0.25, 0.3) is 0 Å². The van der Waals surface area contributed by atoms with Crippen LogP contribution >= 0.6 is 11.8 Å². The van der Waals surface area contributed by atoms with Gasteiger partial charge in [-0.2, -0.15) is 4.98 Å². The molecule has 23 nitrogen and oxygen atoms in total.